The first-order valence-corrected chi connectivity index (χ1v) is 5.89. The Hall–Kier alpha value is -2.82. The Bertz CT molecular complexity index is 891. The lowest BCUT2D eigenvalue weighted by molar-refractivity contribution is 0.626. The standard InChI is InChI=1S/C14H10N4O/c15-14-18-11-6-8(1-2-12(11)19-14)10-5-9-3-4-16-13(9)17-7-10/h1-7H,(H2,15,18)(H,16,17). The second-order valence-corrected chi connectivity index (χ2v) is 4.37. The molecule has 4 aromatic rings. The van der Waals surface area contributed by atoms with E-state index in [0.717, 1.165) is 27.7 Å². The lowest BCUT2D eigenvalue weighted by Crippen LogP contribution is -1.82. The van der Waals surface area contributed by atoms with Crippen molar-refractivity contribution in [3.63, 3.8) is 0 Å². The number of pyridine rings is 1. The fraction of sp³-hybridized carbons (Fsp3) is 0. The van der Waals surface area contributed by atoms with Crippen molar-refractivity contribution in [3.8, 4) is 11.1 Å². The highest BCUT2D eigenvalue weighted by atomic mass is 16.4. The molecule has 0 fully saturated rings. The number of aromatic nitrogens is 3. The van der Waals surface area contributed by atoms with Gasteiger partial charge < -0.3 is 15.1 Å². The summed E-state index contributed by atoms with van der Waals surface area (Å²) in [6.45, 7) is 0. The summed E-state index contributed by atoms with van der Waals surface area (Å²) >= 11 is 0. The van der Waals surface area contributed by atoms with Gasteiger partial charge in [0.25, 0.3) is 6.01 Å². The van der Waals surface area contributed by atoms with Crippen molar-refractivity contribution in [3.05, 3.63) is 42.7 Å². The molecule has 5 heteroatoms. The van der Waals surface area contributed by atoms with Crippen LogP contribution in [0.3, 0.4) is 0 Å². The fourth-order valence-electron chi connectivity index (χ4n) is 2.22. The summed E-state index contributed by atoms with van der Waals surface area (Å²) in [5, 5.41) is 1.08. The van der Waals surface area contributed by atoms with Crippen LogP contribution in [0.25, 0.3) is 33.3 Å². The Morgan fingerprint density at radius 3 is 3.00 bits per heavy atom. The quantitative estimate of drug-likeness (QED) is 0.544. The van der Waals surface area contributed by atoms with E-state index < -0.39 is 0 Å². The zero-order valence-corrected chi connectivity index (χ0v) is 9.92. The smallest absolute Gasteiger partial charge is 0.292 e. The molecule has 4 rings (SSSR count). The second-order valence-electron chi connectivity index (χ2n) is 4.37. The highest BCUT2D eigenvalue weighted by molar-refractivity contribution is 5.85. The SMILES string of the molecule is Nc1nc2cc(-c3cnc4[nH]ccc4c3)ccc2o1. The third kappa shape index (κ3) is 1.55. The van der Waals surface area contributed by atoms with Gasteiger partial charge in [0, 0.05) is 23.3 Å². The summed E-state index contributed by atoms with van der Waals surface area (Å²) in [4.78, 5) is 11.6. The maximum absolute atomic E-state index is 5.55. The van der Waals surface area contributed by atoms with Crippen molar-refractivity contribution in [1.29, 1.82) is 0 Å². The zero-order chi connectivity index (χ0) is 12.8. The van der Waals surface area contributed by atoms with E-state index in [0.29, 0.717) is 5.58 Å². The number of nitrogens with two attached hydrogens (primary N) is 1. The van der Waals surface area contributed by atoms with Crippen LogP contribution in [-0.4, -0.2) is 15.0 Å². The molecule has 0 amide bonds. The first-order valence-electron chi connectivity index (χ1n) is 5.89. The summed E-state index contributed by atoms with van der Waals surface area (Å²) < 4.78 is 5.26. The molecule has 0 saturated carbocycles. The summed E-state index contributed by atoms with van der Waals surface area (Å²) in [5.41, 5.74) is 9.95. The molecule has 0 aliphatic carbocycles. The summed E-state index contributed by atoms with van der Waals surface area (Å²) in [6, 6.07) is 10.1. The number of anilines is 1. The van der Waals surface area contributed by atoms with E-state index in [9.17, 15) is 0 Å². The molecule has 3 aromatic heterocycles. The predicted octanol–water partition coefficient (Wildman–Crippen LogP) is 2.95. The monoisotopic (exact) mass is 250 g/mol. The fourth-order valence-corrected chi connectivity index (χ4v) is 2.22. The molecule has 0 saturated heterocycles. The first-order chi connectivity index (χ1) is 9.29. The van der Waals surface area contributed by atoms with E-state index >= 15 is 0 Å². The molecule has 0 unspecified atom stereocenters. The number of benzene rings is 1. The number of fused-ring (bicyclic) bond motifs is 2. The second kappa shape index (κ2) is 3.58. The van der Waals surface area contributed by atoms with Gasteiger partial charge in [0.15, 0.2) is 5.58 Å². The summed E-state index contributed by atoms with van der Waals surface area (Å²) in [5.74, 6) is 0. The molecule has 3 N–H and O–H groups in total. The zero-order valence-electron chi connectivity index (χ0n) is 9.92. The van der Waals surface area contributed by atoms with Gasteiger partial charge in [0.1, 0.15) is 11.2 Å². The van der Waals surface area contributed by atoms with Gasteiger partial charge in [-0.2, -0.15) is 4.98 Å². The number of nitrogens with one attached hydrogen (secondary N) is 1. The van der Waals surface area contributed by atoms with Crippen molar-refractivity contribution in [2.45, 2.75) is 0 Å². The third-order valence-corrected chi connectivity index (χ3v) is 3.14. The predicted molar refractivity (Wildman–Crippen MR) is 73.5 cm³/mol. The topological polar surface area (TPSA) is 80.7 Å². The Balaban J connectivity index is 1.91. The maximum Gasteiger partial charge on any atom is 0.292 e. The van der Waals surface area contributed by atoms with Gasteiger partial charge in [-0.3, -0.25) is 0 Å². The molecule has 0 atom stereocenters. The Labute approximate surface area is 108 Å². The summed E-state index contributed by atoms with van der Waals surface area (Å²) in [7, 11) is 0. The van der Waals surface area contributed by atoms with Crippen molar-refractivity contribution in [2.75, 3.05) is 5.73 Å². The number of oxazole rings is 1. The molecule has 0 radical (unpaired) electrons. The number of hydrogen-bond donors (Lipinski definition) is 2. The minimum absolute atomic E-state index is 0.186. The van der Waals surface area contributed by atoms with E-state index in [1.54, 1.807) is 0 Å². The number of aromatic amines is 1. The van der Waals surface area contributed by atoms with E-state index in [2.05, 4.69) is 21.0 Å². The molecule has 1 aromatic carbocycles. The average molecular weight is 250 g/mol. The van der Waals surface area contributed by atoms with Crippen LogP contribution >= 0.6 is 0 Å². The van der Waals surface area contributed by atoms with Crippen LogP contribution in [-0.2, 0) is 0 Å². The van der Waals surface area contributed by atoms with Crippen LogP contribution in [0, 0.1) is 0 Å². The van der Waals surface area contributed by atoms with Gasteiger partial charge in [-0.25, -0.2) is 4.98 Å². The normalized spacial score (nSPS) is 11.4. The van der Waals surface area contributed by atoms with Gasteiger partial charge in [0.2, 0.25) is 0 Å². The molecule has 0 bridgehead atoms. The van der Waals surface area contributed by atoms with Crippen LogP contribution in [0.1, 0.15) is 0 Å². The van der Waals surface area contributed by atoms with Gasteiger partial charge in [-0.15, -0.1) is 0 Å². The van der Waals surface area contributed by atoms with Crippen LogP contribution in [0.5, 0.6) is 0 Å². The third-order valence-electron chi connectivity index (χ3n) is 3.14. The maximum atomic E-state index is 5.55. The molecule has 0 aliphatic rings. The number of rotatable bonds is 1. The lowest BCUT2D eigenvalue weighted by atomic mass is 10.1. The molecule has 0 spiro atoms. The van der Waals surface area contributed by atoms with E-state index in [4.69, 9.17) is 10.2 Å². The van der Waals surface area contributed by atoms with Crippen LogP contribution in [0.2, 0.25) is 0 Å². The molecule has 19 heavy (non-hydrogen) atoms. The molecule has 0 aliphatic heterocycles. The highest BCUT2D eigenvalue weighted by Crippen LogP contribution is 2.26. The van der Waals surface area contributed by atoms with E-state index in [1.807, 2.05) is 36.7 Å². The minimum atomic E-state index is 0.186. The Morgan fingerprint density at radius 1 is 1.11 bits per heavy atom. The Kier molecular flexibility index (Phi) is 1.91. The molecule has 5 nitrogen and oxygen atoms in total. The van der Waals surface area contributed by atoms with E-state index in [-0.39, 0.29) is 6.01 Å². The average Bonchev–Trinajstić information content (AvgIpc) is 3.01. The highest BCUT2D eigenvalue weighted by Gasteiger charge is 2.06. The minimum Gasteiger partial charge on any atom is -0.424 e. The Morgan fingerprint density at radius 2 is 2.05 bits per heavy atom. The van der Waals surface area contributed by atoms with Crippen LogP contribution in [0.4, 0.5) is 6.01 Å². The van der Waals surface area contributed by atoms with Gasteiger partial charge in [-0.1, -0.05) is 6.07 Å². The van der Waals surface area contributed by atoms with Gasteiger partial charge in [0.05, 0.1) is 0 Å². The van der Waals surface area contributed by atoms with Crippen LogP contribution < -0.4 is 5.73 Å². The number of nitrogens with zero attached hydrogens (tertiary/aromatic N) is 2. The van der Waals surface area contributed by atoms with Gasteiger partial charge >= 0.3 is 0 Å². The van der Waals surface area contributed by atoms with E-state index in [1.165, 1.54) is 0 Å². The molecular weight excluding hydrogens is 240 g/mol. The molecule has 3 heterocycles. The number of hydrogen-bond acceptors (Lipinski definition) is 4. The number of H-pyrrole nitrogens is 1. The molecule has 92 valence electrons. The lowest BCUT2D eigenvalue weighted by Gasteiger charge is -2.00. The number of nitrogen functional groups attached to an aromatic ring is 1. The van der Waals surface area contributed by atoms with Crippen molar-refractivity contribution in [2.24, 2.45) is 0 Å². The summed E-state index contributed by atoms with van der Waals surface area (Å²) in [6.07, 6.45) is 3.71. The largest absolute Gasteiger partial charge is 0.424 e. The first kappa shape index (κ1) is 10.1. The van der Waals surface area contributed by atoms with Crippen LogP contribution in [0.15, 0.2) is 47.1 Å². The molecular formula is C14H10N4O. The van der Waals surface area contributed by atoms with Crippen molar-refractivity contribution in [1.82, 2.24) is 15.0 Å². The van der Waals surface area contributed by atoms with Crippen molar-refractivity contribution >= 4 is 28.1 Å². The van der Waals surface area contributed by atoms with Gasteiger partial charge in [-0.05, 0) is 29.8 Å². The van der Waals surface area contributed by atoms with Crippen molar-refractivity contribution < 1.29 is 4.42 Å².